The molecule has 1 fully saturated rings. The molecule has 1 saturated carbocycles. The molecule has 0 saturated heterocycles. The smallest absolute Gasteiger partial charge is 0.256 e. The van der Waals surface area contributed by atoms with E-state index in [-0.39, 0.29) is 23.0 Å². The minimum atomic E-state index is -0.694. The summed E-state index contributed by atoms with van der Waals surface area (Å²) in [5, 5.41) is 9.32. The van der Waals surface area contributed by atoms with Gasteiger partial charge in [0, 0.05) is 49.4 Å². The lowest BCUT2D eigenvalue weighted by molar-refractivity contribution is -0.117. The standard InChI is InChI=1S/C27H32N8O4/c1-27(2,14-31-25(37)20(29-3)10-16-6-7-16)15-32-26-34-23(21(22(28)36)24-30-8-9-35(24)26)33-17-11-18(38-4)13-19(12-17)39-5/h8-13,16,33H,6-7,14-15H2,1-2,4-5H3,(H2,28,36)(H,31,37)(H,32,34)/b20-10-. The molecule has 2 aromatic heterocycles. The number of ether oxygens (including phenoxy) is 2. The highest BCUT2D eigenvalue weighted by Crippen LogP contribution is 2.32. The zero-order valence-electron chi connectivity index (χ0n) is 22.4. The van der Waals surface area contributed by atoms with E-state index in [0.717, 1.165) is 12.8 Å². The van der Waals surface area contributed by atoms with Crippen LogP contribution in [0.1, 0.15) is 37.0 Å². The predicted molar refractivity (Wildman–Crippen MR) is 147 cm³/mol. The fourth-order valence-corrected chi connectivity index (χ4v) is 3.88. The van der Waals surface area contributed by atoms with Crippen LogP contribution in [-0.2, 0) is 4.79 Å². The second-order valence-corrected chi connectivity index (χ2v) is 10.1. The summed E-state index contributed by atoms with van der Waals surface area (Å²) in [7, 11) is 3.08. The fourth-order valence-electron chi connectivity index (χ4n) is 3.88. The van der Waals surface area contributed by atoms with Crippen molar-refractivity contribution in [3.63, 3.8) is 0 Å². The van der Waals surface area contributed by atoms with E-state index in [1.54, 1.807) is 55.3 Å². The molecule has 12 nitrogen and oxygen atoms in total. The molecule has 2 heterocycles. The third-order valence-electron chi connectivity index (χ3n) is 6.23. The molecular formula is C27H32N8O4. The molecule has 0 radical (unpaired) electrons. The number of hydrogen-bond acceptors (Lipinski definition) is 8. The van der Waals surface area contributed by atoms with Crippen molar-refractivity contribution >= 4 is 34.9 Å². The second-order valence-electron chi connectivity index (χ2n) is 10.1. The van der Waals surface area contributed by atoms with E-state index in [0.29, 0.717) is 47.8 Å². The molecular weight excluding hydrogens is 500 g/mol. The Balaban J connectivity index is 1.56. The summed E-state index contributed by atoms with van der Waals surface area (Å²) in [5.41, 5.74) is 6.47. The highest BCUT2D eigenvalue weighted by atomic mass is 16.5. The highest BCUT2D eigenvalue weighted by molar-refractivity contribution is 6.04. The Hall–Kier alpha value is -4.79. The van der Waals surface area contributed by atoms with Gasteiger partial charge in [0.2, 0.25) is 17.6 Å². The monoisotopic (exact) mass is 532 g/mol. The zero-order chi connectivity index (χ0) is 28.2. The Morgan fingerprint density at radius 3 is 2.49 bits per heavy atom. The highest BCUT2D eigenvalue weighted by Gasteiger charge is 2.25. The Morgan fingerprint density at radius 1 is 1.21 bits per heavy atom. The minimum absolute atomic E-state index is 0.119. The quantitative estimate of drug-likeness (QED) is 0.205. The lowest BCUT2D eigenvalue weighted by atomic mass is 9.93. The summed E-state index contributed by atoms with van der Waals surface area (Å²) >= 11 is 0. The Labute approximate surface area is 226 Å². The van der Waals surface area contributed by atoms with Crippen molar-refractivity contribution < 1.29 is 19.1 Å². The van der Waals surface area contributed by atoms with E-state index in [9.17, 15) is 9.59 Å². The number of allylic oxidation sites excluding steroid dienone is 1. The van der Waals surface area contributed by atoms with Crippen molar-refractivity contribution in [1.82, 2.24) is 19.7 Å². The van der Waals surface area contributed by atoms with Crippen LogP contribution in [0.25, 0.3) is 10.5 Å². The number of methoxy groups -OCH3 is 2. The predicted octanol–water partition coefficient (Wildman–Crippen LogP) is 3.36. The van der Waals surface area contributed by atoms with Gasteiger partial charge in [-0.25, -0.2) is 9.83 Å². The van der Waals surface area contributed by atoms with E-state index in [1.165, 1.54) is 0 Å². The first-order valence-corrected chi connectivity index (χ1v) is 12.4. The van der Waals surface area contributed by atoms with Crippen LogP contribution in [-0.4, -0.2) is 53.5 Å². The van der Waals surface area contributed by atoms with Crippen LogP contribution in [0.3, 0.4) is 0 Å². The fraction of sp³-hybridized carbons (Fsp3) is 0.370. The van der Waals surface area contributed by atoms with Crippen LogP contribution in [0.15, 0.2) is 42.4 Å². The Morgan fingerprint density at radius 2 is 1.90 bits per heavy atom. The summed E-state index contributed by atoms with van der Waals surface area (Å²) in [6.07, 6.45) is 7.02. The number of nitrogens with two attached hydrogens (primary N) is 1. The van der Waals surface area contributed by atoms with Crippen LogP contribution in [0.5, 0.6) is 11.5 Å². The van der Waals surface area contributed by atoms with Gasteiger partial charge in [-0.15, -0.1) is 0 Å². The molecule has 0 aliphatic heterocycles. The number of benzene rings is 1. The third kappa shape index (κ3) is 6.56. The van der Waals surface area contributed by atoms with Gasteiger partial charge in [-0.05, 0) is 24.2 Å². The van der Waals surface area contributed by atoms with Crippen LogP contribution < -0.4 is 31.2 Å². The van der Waals surface area contributed by atoms with Gasteiger partial charge in [-0.2, -0.15) is 4.98 Å². The lowest BCUT2D eigenvalue weighted by Crippen LogP contribution is -2.38. The maximum atomic E-state index is 12.5. The molecule has 204 valence electrons. The van der Waals surface area contributed by atoms with Gasteiger partial charge in [0.1, 0.15) is 17.1 Å². The number of hydrogen-bond donors (Lipinski definition) is 4. The van der Waals surface area contributed by atoms with E-state index in [1.807, 2.05) is 13.8 Å². The molecule has 1 aromatic carbocycles. The first-order chi connectivity index (χ1) is 18.6. The number of nitrogens with one attached hydrogen (secondary N) is 3. The Kier molecular flexibility index (Phi) is 7.90. The van der Waals surface area contributed by atoms with E-state index in [4.69, 9.17) is 21.8 Å². The van der Waals surface area contributed by atoms with Crippen molar-refractivity contribution in [3.8, 4) is 11.5 Å². The SMILES string of the molecule is [C-]#[N+]/C(=C\C1CC1)C(=O)NCC(C)(C)CNc1nc(Nc2cc(OC)cc(OC)c2)c(C(N)=O)c2nccn12. The van der Waals surface area contributed by atoms with Crippen LogP contribution in [0, 0.1) is 17.9 Å². The molecule has 39 heavy (non-hydrogen) atoms. The number of anilines is 3. The molecule has 2 amide bonds. The molecule has 12 heteroatoms. The second kappa shape index (κ2) is 11.3. The molecule has 0 unspecified atom stereocenters. The molecule has 3 aromatic rings. The number of primary amides is 1. The number of amides is 2. The van der Waals surface area contributed by atoms with E-state index in [2.05, 4.69) is 30.8 Å². The third-order valence-corrected chi connectivity index (χ3v) is 6.23. The van der Waals surface area contributed by atoms with Crippen molar-refractivity contribution in [1.29, 1.82) is 0 Å². The molecule has 5 N–H and O–H groups in total. The van der Waals surface area contributed by atoms with Gasteiger partial charge in [-0.1, -0.05) is 19.9 Å². The van der Waals surface area contributed by atoms with Crippen molar-refractivity contribution in [2.45, 2.75) is 26.7 Å². The van der Waals surface area contributed by atoms with Gasteiger partial charge >= 0.3 is 0 Å². The summed E-state index contributed by atoms with van der Waals surface area (Å²) < 4.78 is 12.3. The van der Waals surface area contributed by atoms with E-state index >= 15 is 0 Å². The number of imidazole rings is 1. The maximum absolute atomic E-state index is 12.5. The molecule has 1 aliphatic carbocycles. The van der Waals surface area contributed by atoms with Gasteiger partial charge in [-0.3, -0.25) is 14.0 Å². The number of fused-ring (bicyclic) bond motifs is 1. The average molecular weight is 533 g/mol. The topological polar surface area (TPSA) is 149 Å². The number of carbonyl (C=O) groups excluding carboxylic acids is 2. The van der Waals surface area contributed by atoms with Crippen molar-refractivity contribution in [2.75, 3.05) is 37.9 Å². The molecule has 0 bridgehead atoms. The average Bonchev–Trinajstić information content (AvgIpc) is 3.61. The number of carbonyl (C=O) groups is 2. The maximum Gasteiger partial charge on any atom is 0.256 e. The largest absolute Gasteiger partial charge is 0.497 e. The van der Waals surface area contributed by atoms with Gasteiger partial charge in [0.25, 0.3) is 5.91 Å². The Bertz CT molecular complexity index is 1440. The summed E-state index contributed by atoms with van der Waals surface area (Å²) in [6.45, 7) is 12.0. The number of rotatable bonds is 12. The first-order valence-electron chi connectivity index (χ1n) is 12.4. The molecule has 0 atom stereocenters. The van der Waals surface area contributed by atoms with Gasteiger partial charge in [0.15, 0.2) is 11.5 Å². The van der Waals surface area contributed by atoms with Crippen molar-refractivity contribution in [2.24, 2.45) is 17.1 Å². The van der Waals surface area contributed by atoms with E-state index < -0.39 is 11.3 Å². The summed E-state index contributed by atoms with van der Waals surface area (Å²) in [5.74, 6) is 0.996. The molecule has 0 spiro atoms. The first kappa shape index (κ1) is 27.3. The lowest BCUT2D eigenvalue weighted by Gasteiger charge is -2.26. The van der Waals surface area contributed by atoms with Crippen LogP contribution in [0.4, 0.5) is 17.5 Å². The zero-order valence-corrected chi connectivity index (χ0v) is 22.4. The van der Waals surface area contributed by atoms with Gasteiger partial charge < -0.3 is 31.2 Å². The molecule has 1 aliphatic rings. The van der Waals surface area contributed by atoms with Crippen LogP contribution in [0.2, 0.25) is 0 Å². The number of aromatic nitrogens is 3. The number of nitrogens with zero attached hydrogens (tertiary/aromatic N) is 4. The summed E-state index contributed by atoms with van der Waals surface area (Å²) in [6, 6.07) is 5.19. The van der Waals surface area contributed by atoms with Crippen LogP contribution >= 0.6 is 0 Å². The minimum Gasteiger partial charge on any atom is -0.497 e. The summed E-state index contributed by atoms with van der Waals surface area (Å²) in [4.78, 5) is 37.3. The molecule has 4 rings (SSSR count). The van der Waals surface area contributed by atoms with Crippen molar-refractivity contribution in [3.05, 3.63) is 59.3 Å². The normalized spacial score (nSPS) is 13.5. The van der Waals surface area contributed by atoms with Gasteiger partial charge in [0.05, 0.1) is 20.8 Å².